The molecule has 1 saturated carbocycles. The third-order valence-corrected chi connectivity index (χ3v) is 5.50. The summed E-state index contributed by atoms with van der Waals surface area (Å²) in [5, 5.41) is 5.05. The predicted molar refractivity (Wildman–Crippen MR) is 103 cm³/mol. The number of amides is 1. The molecule has 6 heteroatoms. The fraction of sp³-hybridized carbons (Fsp3) is 0.250. The molecule has 1 fully saturated rings. The predicted octanol–water partition coefficient (Wildman–Crippen LogP) is 4.19. The van der Waals surface area contributed by atoms with Gasteiger partial charge in [0.1, 0.15) is 11.5 Å². The number of para-hydroxylation sites is 1. The van der Waals surface area contributed by atoms with E-state index < -0.39 is 0 Å². The van der Waals surface area contributed by atoms with Crippen molar-refractivity contribution in [3.05, 3.63) is 60.2 Å². The van der Waals surface area contributed by atoms with Crippen molar-refractivity contribution >= 4 is 34.8 Å². The number of furan rings is 1. The summed E-state index contributed by atoms with van der Waals surface area (Å²) in [6, 6.07) is 13.7. The second kappa shape index (κ2) is 7.33. The summed E-state index contributed by atoms with van der Waals surface area (Å²) >= 11 is 1.45. The maximum Gasteiger partial charge on any atom is 0.250 e. The Morgan fingerprint density at radius 2 is 2.19 bits per heavy atom. The molecular formula is C20H19N3O2S. The lowest BCUT2D eigenvalue weighted by molar-refractivity contribution is -0.118. The molecule has 0 aliphatic heterocycles. The van der Waals surface area contributed by atoms with Crippen LogP contribution < -0.4 is 5.43 Å². The van der Waals surface area contributed by atoms with Crippen molar-refractivity contribution in [2.75, 3.05) is 5.75 Å². The number of nitrogens with zero attached hydrogens (tertiary/aromatic N) is 2. The Labute approximate surface area is 155 Å². The minimum absolute atomic E-state index is 0.165. The van der Waals surface area contributed by atoms with Gasteiger partial charge in [0.05, 0.1) is 17.5 Å². The molecule has 1 amide bonds. The lowest BCUT2D eigenvalue weighted by Crippen LogP contribution is -2.19. The summed E-state index contributed by atoms with van der Waals surface area (Å²) in [7, 11) is 0. The normalized spacial score (nSPS) is 19.1. The number of hydrogen-bond donors (Lipinski definition) is 1. The average Bonchev–Trinajstić information content (AvgIpc) is 3.20. The first-order chi connectivity index (χ1) is 12.7. The van der Waals surface area contributed by atoms with E-state index in [1.54, 1.807) is 12.4 Å². The van der Waals surface area contributed by atoms with Crippen molar-refractivity contribution in [2.45, 2.75) is 24.2 Å². The number of carbonyl (C=O) groups excluding carboxylic acids is 1. The molecule has 2 heterocycles. The van der Waals surface area contributed by atoms with E-state index >= 15 is 0 Å². The monoisotopic (exact) mass is 365 g/mol. The molecule has 0 bridgehead atoms. The Morgan fingerprint density at radius 3 is 3.04 bits per heavy atom. The zero-order valence-electron chi connectivity index (χ0n) is 14.4. The number of hydrogen-bond acceptors (Lipinski definition) is 5. The van der Waals surface area contributed by atoms with E-state index in [0.29, 0.717) is 17.6 Å². The Hall–Kier alpha value is -2.60. The van der Waals surface area contributed by atoms with Gasteiger partial charge in [0, 0.05) is 22.4 Å². The summed E-state index contributed by atoms with van der Waals surface area (Å²) in [6.45, 7) is 2.21. The van der Waals surface area contributed by atoms with Crippen molar-refractivity contribution in [2.24, 2.45) is 11.0 Å². The highest BCUT2D eigenvalue weighted by Crippen LogP contribution is 2.47. The molecule has 1 N–H and O–H groups in total. The molecule has 26 heavy (non-hydrogen) atoms. The van der Waals surface area contributed by atoms with Crippen LogP contribution in [0.2, 0.25) is 0 Å². The van der Waals surface area contributed by atoms with E-state index in [2.05, 4.69) is 22.4 Å². The molecule has 0 radical (unpaired) electrons. The van der Waals surface area contributed by atoms with Gasteiger partial charge in [-0.05, 0) is 36.6 Å². The van der Waals surface area contributed by atoms with Crippen molar-refractivity contribution in [3.63, 3.8) is 0 Å². The average molecular weight is 365 g/mol. The van der Waals surface area contributed by atoms with Crippen LogP contribution in [0.15, 0.2) is 63.1 Å². The number of pyridine rings is 1. The topological polar surface area (TPSA) is 67.5 Å². The number of aromatic nitrogens is 1. The summed E-state index contributed by atoms with van der Waals surface area (Å²) < 4.78 is 5.72. The molecule has 132 valence electrons. The van der Waals surface area contributed by atoms with Crippen molar-refractivity contribution in [3.8, 4) is 0 Å². The third-order valence-electron chi connectivity index (χ3n) is 4.46. The van der Waals surface area contributed by atoms with Crippen molar-refractivity contribution in [1.82, 2.24) is 10.4 Å². The molecule has 5 nitrogen and oxygen atoms in total. The van der Waals surface area contributed by atoms with Gasteiger partial charge in [0.15, 0.2) is 0 Å². The Morgan fingerprint density at radius 1 is 1.35 bits per heavy atom. The van der Waals surface area contributed by atoms with Gasteiger partial charge in [-0.2, -0.15) is 5.10 Å². The number of thioether (sulfide) groups is 1. The van der Waals surface area contributed by atoms with E-state index in [9.17, 15) is 4.79 Å². The van der Waals surface area contributed by atoms with Gasteiger partial charge in [-0.15, -0.1) is 11.8 Å². The summed E-state index contributed by atoms with van der Waals surface area (Å²) in [5.74, 6) is 3.01. The largest absolute Gasteiger partial charge is 0.460 e. The molecule has 2 atom stereocenters. The van der Waals surface area contributed by atoms with Crippen LogP contribution in [0.25, 0.3) is 10.9 Å². The molecule has 1 aromatic carbocycles. The van der Waals surface area contributed by atoms with Crippen LogP contribution in [0.5, 0.6) is 0 Å². The quantitative estimate of drug-likeness (QED) is 0.404. The van der Waals surface area contributed by atoms with E-state index in [4.69, 9.17) is 4.42 Å². The molecule has 1 aliphatic carbocycles. The highest BCUT2D eigenvalue weighted by atomic mass is 32.2. The summed E-state index contributed by atoms with van der Waals surface area (Å²) in [4.78, 5) is 17.4. The van der Waals surface area contributed by atoms with Crippen LogP contribution >= 0.6 is 11.8 Å². The number of carbonyl (C=O) groups is 1. The van der Waals surface area contributed by atoms with E-state index in [-0.39, 0.29) is 11.7 Å². The summed E-state index contributed by atoms with van der Waals surface area (Å²) in [6.07, 6.45) is 4.48. The second-order valence-electron chi connectivity index (χ2n) is 6.47. The molecule has 0 unspecified atom stereocenters. The smallest absolute Gasteiger partial charge is 0.250 e. The van der Waals surface area contributed by atoms with E-state index in [0.717, 1.165) is 21.6 Å². The minimum Gasteiger partial charge on any atom is -0.460 e. The molecule has 2 aromatic heterocycles. The number of rotatable bonds is 6. The highest BCUT2D eigenvalue weighted by molar-refractivity contribution is 8.00. The lowest BCUT2D eigenvalue weighted by Gasteiger charge is -2.04. The van der Waals surface area contributed by atoms with Gasteiger partial charge >= 0.3 is 0 Å². The first-order valence-electron chi connectivity index (χ1n) is 8.59. The van der Waals surface area contributed by atoms with Crippen LogP contribution in [0.4, 0.5) is 0 Å². The SMILES string of the molecule is C[C@H]1C[C@H]1c1ccc(/C=N\NC(=O)CSc2cccc3cccnc23)o1. The van der Waals surface area contributed by atoms with Crippen molar-refractivity contribution < 1.29 is 9.21 Å². The van der Waals surface area contributed by atoms with E-state index in [1.807, 2.05) is 42.5 Å². The lowest BCUT2D eigenvalue weighted by atomic mass is 10.2. The zero-order chi connectivity index (χ0) is 17.9. The minimum atomic E-state index is -0.165. The maximum atomic E-state index is 12.0. The number of nitrogens with one attached hydrogen (secondary N) is 1. The fourth-order valence-electron chi connectivity index (χ4n) is 2.89. The fourth-order valence-corrected chi connectivity index (χ4v) is 3.72. The number of fused-ring (bicyclic) bond motifs is 1. The molecule has 4 rings (SSSR count). The van der Waals surface area contributed by atoms with Gasteiger partial charge in [-0.1, -0.05) is 25.1 Å². The number of benzene rings is 1. The van der Waals surface area contributed by atoms with E-state index in [1.165, 1.54) is 18.2 Å². The van der Waals surface area contributed by atoms with Crippen LogP contribution in [-0.2, 0) is 4.79 Å². The molecule has 0 spiro atoms. The van der Waals surface area contributed by atoms with Gasteiger partial charge in [0.2, 0.25) is 5.91 Å². The third kappa shape index (κ3) is 3.80. The first-order valence-corrected chi connectivity index (χ1v) is 9.57. The highest BCUT2D eigenvalue weighted by Gasteiger charge is 2.36. The van der Waals surface area contributed by atoms with Crippen LogP contribution in [-0.4, -0.2) is 22.9 Å². The van der Waals surface area contributed by atoms with Crippen LogP contribution in [0.3, 0.4) is 0 Å². The maximum absolute atomic E-state index is 12.0. The summed E-state index contributed by atoms with van der Waals surface area (Å²) in [5.41, 5.74) is 3.45. The molecule has 1 aliphatic rings. The standard InChI is InChI=1S/C20H19N3O2S/c1-13-10-16(13)17-8-7-15(25-17)11-22-23-19(24)12-26-18-6-2-4-14-5-3-9-21-20(14)18/h2-9,11,13,16H,10,12H2,1H3,(H,23,24)/b22-11-/t13-,16+/m0/s1. The molecular weight excluding hydrogens is 346 g/mol. The van der Waals surface area contributed by atoms with Gasteiger partial charge in [0.25, 0.3) is 0 Å². The Balaban J connectivity index is 1.30. The van der Waals surface area contributed by atoms with Crippen LogP contribution in [0, 0.1) is 5.92 Å². The molecule has 3 aromatic rings. The Kier molecular flexibility index (Phi) is 4.75. The van der Waals surface area contributed by atoms with Gasteiger partial charge < -0.3 is 4.42 Å². The Bertz CT molecular complexity index is 961. The zero-order valence-corrected chi connectivity index (χ0v) is 15.2. The molecule has 0 saturated heterocycles. The van der Waals surface area contributed by atoms with Gasteiger partial charge in [-0.25, -0.2) is 5.43 Å². The number of hydrazone groups is 1. The van der Waals surface area contributed by atoms with Crippen LogP contribution in [0.1, 0.15) is 30.8 Å². The second-order valence-corrected chi connectivity index (χ2v) is 7.49. The van der Waals surface area contributed by atoms with Crippen molar-refractivity contribution in [1.29, 1.82) is 0 Å². The first kappa shape index (κ1) is 16.8. The van der Waals surface area contributed by atoms with Gasteiger partial charge in [-0.3, -0.25) is 9.78 Å².